The molecule has 0 amide bonds. The molecule has 68 valence electrons. The van der Waals surface area contributed by atoms with Gasteiger partial charge in [0.1, 0.15) is 5.82 Å². The van der Waals surface area contributed by atoms with Crippen LogP contribution >= 0.6 is 0 Å². The highest BCUT2D eigenvalue weighted by molar-refractivity contribution is 4.94. The van der Waals surface area contributed by atoms with Crippen LogP contribution in [0.15, 0.2) is 0 Å². The third kappa shape index (κ3) is 2.30. The van der Waals surface area contributed by atoms with Gasteiger partial charge in [-0.15, -0.1) is 0 Å². The molecule has 0 aliphatic heterocycles. The van der Waals surface area contributed by atoms with Gasteiger partial charge >= 0.3 is 0 Å². The molecule has 0 aliphatic rings. The van der Waals surface area contributed by atoms with Crippen molar-refractivity contribution in [2.75, 3.05) is 0 Å². The highest BCUT2D eigenvalue weighted by Gasteiger charge is 2.12. The number of nitrogens with zero attached hydrogens (tertiary/aromatic N) is 2. The molecule has 0 bridgehead atoms. The van der Waals surface area contributed by atoms with E-state index in [0.717, 1.165) is 18.1 Å². The zero-order chi connectivity index (χ0) is 9.14. The Kier molecular flexibility index (Phi) is 2.81. The summed E-state index contributed by atoms with van der Waals surface area (Å²) in [5.41, 5.74) is 5.86. The van der Waals surface area contributed by atoms with E-state index in [1.807, 2.05) is 6.92 Å². The first-order valence-electron chi connectivity index (χ1n) is 4.24. The fraction of sp³-hybridized carbons (Fsp3) is 0.750. The fourth-order valence-corrected chi connectivity index (χ4v) is 1.14. The average Bonchev–Trinajstić information content (AvgIpc) is 2.34. The van der Waals surface area contributed by atoms with Crippen molar-refractivity contribution in [1.29, 1.82) is 0 Å². The molecule has 1 aromatic rings. The lowest BCUT2D eigenvalue weighted by Crippen LogP contribution is -2.14. The van der Waals surface area contributed by atoms with Crippen LogP contribution in [0.25, 0.3) is 0 Å². The van der Waals surface area contributed by atoms with Crippen LogP contribution in [0.5, 0.6) is 0 Å². The number of nitrogens with two attached hydrogens (primary N) is 1. The normalized spacial score (nSPS) is 13.8. The second-order valence-corrected chi connectivity index (χ2v) is 3.52. The predicted molar refractivity (Wildman–Crippen MR) is 47.5 cm³/mol. The molecule has 12 heavy (non-hydrogen) atoms. The summed E-state index contributed by atoms with van der Waals surface area (Å²) in [5, 5.41) is 6.79. The van der Waals surface area contributed by atoms with Crippen molar-refractivity contribution in [3.63, 3.8) is 0 Å². The zero-order valence-electron chi connectivity index (χ0n) is 7.83. The minimum atomic E-state index is -0.0325. The summed E-state index contributed by atoms with van der Waals surface area (Å²) >= 11 is 0. The van der Waals surface area contributed by atoms with E-state index in [2.05, 4.69) is 29.0 Å². The molecule has 0 saturated carbocycles. The summed E-state index contributed by atoms with van der Waals surface area (Å²) in [7, 11) is 0. The molecular weight excluding hydrogens is 152 g/mol. The Bertz CT molecular complexity index is 241. The number of hydrogen-bond acceptors (Lipinski definition) is 3. The van der Waals surface area contributed by atoms with Gasteiger partial charge in [0.25, 0.3) is 0 Å². The van der Waals surface area contributed by atoms with Crippen molar-refractivity contribution in [3.8, 4) is 0 Å². The molecule has 1 rings (SSSR count). The van der Waals surface area contributed by atoms with E-state index in [1.165, 1.54) is 0 Å². The van der Waals surface area contributed by atoms with Gasteiger partial charge in [-0.2, -0.15) is 5.10 Å². The van der Waals surface area contributed by atoms with Crippen molar-refractivity contribution >= 4 is 0 Å². The molecule has 1 atom stereocenters. The summed E-state index contributed by atoms with van der Waals surface area (Å²) < 4.78 is 0. The van der Waals surface area contributed by atoms with Gasteiger partial charge in [0.05, 0.1) is 6.04 Å². The van der Waals surface area contributed by atoms with Crippen LogP contribution in [0, 0.1) is 12.8 Å². The lowest BCUT2D eigenvalue weighted by Gasteiger charge is -2.09. The molecule has 0 fully saturated rings. The monoisotopic (exact) mass is 168 g/mol. The first-order chi connectivity index (χ1) is 5.59. The van der Waals surface area contributed by atoms with Gasteiger partial charge in [-0.25, -0.2) is 4.98 Å². The Morgan fingerprint density at radius 1 is 1.50 bits per heavy atom. The predicted octanol–water partition coefficient (Wildman–Crippen LogP) is 1.16. The SMILES string of the molecule is Cc1nc(C(N)CC(C)C)n[nH]1. The minimum absolute atomic E-state index is 0.0325. The maximum Gasteiger partial charge on any atom is 0.167 e. The number of aryl methyl sites for hydroxylation is 1. The van der Waals surface area contributed by atoms with Crippen LogP contribution in [-0.4, -0.2) is 15.2 Å². The fourth-order valence-electron chi connectivity index (χ4n) is 1.14. The Balaban J connectivity index is 2.58. The van der Waals surface area contributed by atoms with Crippen molar-refractivity contribution in [3.05, 3.63) is 11.6 Å². The lowest BCUT2D eigenvalue weighted by molar-refractivity contribution is 0.494. The molecule has 0 saturated heterocycles. The first-order valence-corrected chi connectivity index (χ1v) is 4.24. The van der Waals surface area contributed by atoms with E-state index in [0.29, 0.717) is 5.92 Å². The second kappa shape index (κ2) is 3.67. The summed E-state index contributed by atoms with van der Waals surface area (Å²) in [6.07, 6.45) is 0.928. The van der Waals surface area contributed by atoms with Crippen molar-refractivity contribution in [2.45, 2.75) is 33.2 Å². The van der Waals surface area contributed by atoms with Gasteiger partial charge in [0.15, 0.2) is 5.82 Å². The van der Waals surface area contributed by atoms with E-state index in [1.54, 1.807) is 0 Å². The third-order valence-electron chi connectivity index (χ3n) is 1.67. The van der Waals surface area contributed by atoms with Crippen molar-refractivity contribution in [2.24, 2.45) is 11.7 Å². The van der Waals surface area contributed by atoms with Crippen LogP contribution in [-0.2, 0) is 0 Å². The molecular formula is C8H16N4. The third-order valence-corrected chi connectivity index (χ3v) is 1.67. The number of nitrogens with one attached hydrogen (secondary N) is 1. The largest absolute Gasteiger partial charge is 0.321 e. The van der Waals surface area contributed by atoms with E-state index in [9.17, 15) is 0 Å². The van der Waals surface area contributed by atoms with Gasteiger partial charge in [-0.3, -0.25) is 5.10 Å². The molecule has 0 aliphatic carbocycles. The molecule has 3 N–H and O–H groups in total. The van der Waals surface area contributed by atoms with E-state index < -0.39 is 0 Å². The van der Waals surface area contributed by atoms with Crippen LogP contribution in [0.2, 0.25) is 0 Å². The highest BCUT2D eigenvalue weighted by Crippen LogP contribution is 2.14. The van der Waals surface area contributed by atoms with Crippen molar-refractivity contribution < 1.29 is 0 Å². The van der Waals surface area contributed by atoms with E-state index in [4.69, 9.17) is 5.73 Å². The summed E-state index contributed by atoms with van der Waals surface area (Å²) in [5.74, 6) is 2.13. The maximum atomic E-state index is 5.86. The Morgan fingerprint density at radius 2 is 2.17 bits per heavy atom. The van der Waals surface area contributed by atoms with Gasteiger partial charge < -0.3 is 5.73 Å². The Hall–Kier alpha value is -0.900. The molecule has 1 aromatic heterocycles. The Morgan fingerprint density at radius 3 is 2.58 bits per heavy atom. The Labute approximate surface area is 72.6 Å². The van der Waals surface area contributed by atoms with Gasteiger partial charge in [0.2, 0.25) is 0 Å². The molecule has 4 heteroatoms. The highest BCUT2D eigenvalue weighted by atomic mass is 15.2. The average molecular weight is 168 g/mol. The lowest BCUT2D eigenvalue weighted by atomic mass is 10.0. The first kappa shape index (κ1) is 9.19. The van der Waals surface area contributed by atoms with Gasteiger partial charge in [0, 0.05) is 0 Å². The topological polar surface area (TPSA) is 67.6 Å². The standard InChI is InChI=1S/C8H16N4/c1-5(2)4-7(9)8-10-6(3)11-12-8/h5,7H,4,9H2,1-3H3,(H,10,11,12). The number of rotatable bonds is 3. The van der Waals surface area contributed by atoms with E-state index in [-0.39, 0.29) is 6.04 Å². The quantitative estimate of drug-likeness (QED) is 0.711. The second-order valence-electron chi connectivity index (χ2n) is 3.52. The summed E-state index contributed by atoms with van der Waals surface area (Å²) in [6, 6.07) is -0.0325. The maximum absolute atomic E-state index is 5.86. The molecule has 4 nitrogen and oxygen atoms in total. The van der Waals surface area contributed by atoms with Crippen molar-refractivity contribution in [1.82, 2.24) is 15.2 Å². The molecule has 1 unspecified atom stereocenters. The van der Waals surface area contributed by atoms with Crippen LogP contribution < -0.4 is 5.73 Å². The minimum Gasteiger partial charge on any atom is -0.321 e. The van der Waals surface area contributed by atoms with Crippen LogP contribution in [0.4, 0.5) is 0 Å². The summed E-state index contributed by atoms with van der Waals surface area (Å²) in [4.78, 5) is 4.17. The number of hydrogen-bond donors (Lipinski definition) is 2. The number of aromatic nitrogens is 3. The molecule has 0 spiro atoms. The van der Waals surface area contributed by atoms with Crippen LogP contribution in [0.3, 0.4) is 0 Å². The number of H-pyrrole nitrogens is 1. The molecule has 0 aromatic carbocycles. The number of aromatic amines is 1. The molecule has 1 heterocycles. The summed E-state index contributed by atoms with van der Waals surface area (Å²) in [6.45, 7) is 6.15. The van der Waals surface area contributed by atoms with Crippen LogP contribution in [0.1, 0.15) is 38.0 Å². The molecule has 0 radical (unpaired) electrons. The van der Waals surface area contributed by atoms with Gasteiger partial charge in [-0.05, 0) is 19.3 Å². The zero-order valence-corrected chi connectivity index (χ0v) is 7.83. The van der Waals surface area contributed by atoms with Gasteiger partial charge in [-0.1, -0.05) is 13.8 Å². The van der Waals surface area contributed by atoms with E-state index >= 15 is 0 Å². The smallest absolute Gasteiger partial charge is 0.167 e.